The third kappa shape index (κ3) is 22.9. The summed E-state index contributed by atoms with van der Waals surface area (Å²) < 4.78 is 265. The van der Waals surface area contributed by atoms with E-state index in [4.69, 9.17) is 0 Å². The summed E-state index contributed by atoms with van der Waals surface area (Å²) in [6.45, 7) is -44.2. The SMILES string of the molecule is O=PPP(P=O)P(P=O)P(P=O)P(P=O)P(P=O)P(P=O)P(P=O)P(P=O)P(P=O)P(P=O)P(P=O)P(P=O)P(P=O)P(P=O)P(P=O)P(P=O)P(P=O)P(P=O)P(P=O)PP=O. The van der Waals surface area contributed by atoms with Gasteiger partial charge in [-0.1, -0.05) is 0 Å². The second-order valence-corrected chi connectivity index (χ2v) is 160. The van der Waals surface area contributed by atoms with E-state index < -0.39 is 320 Å². The lowest BCUT2D eigenvalue weighted by atomic mass is 16.0. The highest BCUT2D eigenvalue weighted by Gasteiger charge is 2.56. The second-order valence-electron chi connectivity index (χ2n) is 7.07. The molecule has 338 valence electrons. The van der Waals surface area contributed by atoms with Crippen LogP contribution in [0.5, 0.6) is 0 Å². The maximum atomic E-state index is 13.1. The number of hydrogen-bond donors (Lipinski definition) is 0. The molecule has 0 aliphatic carbocycles. The Labute approximate surface area is 411 Å². The van der Waals surface area contributed by atoms with Gasteiger partial charge in [0.2, 0.25) is 0 Å². The Kier molecular flexibility index (Phi) is 53.9. The van der Waals surface area contributed by atoms with Gasteiger partial charge in [0.05, 0.1) is 133 Å². The van der Waals surface area contributed by atoms with Crippen molar-refractivity contribution in [1.82, 2.24) is 0 Å². The van der Waals surface area contributed by atoms with Gasteiger partial charge in [-0.15, -0.1) is 0 Å². The van der Waals surface area contributed by atoms with Gasteiger partial charge in [0.15, 0.2) is 171 Å². The maximum absolute atomic E-state index is 13.1. The predicted molar refractivity (Wildman–Crippen MR) is 308 cm³/mol. The fourth-order valence-corrected chi connectivity index (χ4v) is 422. The molecule has 0 bridgehead atoms. The zero-order valence-electron chi connectivity index (χ0n) is 27.5. The lowest BCUT2D eigenvalue weighted by Crippen LogP contribution is -1.59. The molecule has 21 nitrogen and oxygen atoms in total. The van der Waals surface area contributed by atoms with Gasteiger partial charge >= 0.3 is 0 Å². The molecule has 20 unspecified atom stereocenters. The van der Waals surface area contributed by atoms with Gasteiger partial charge in [0.25, 0.3) is 0 Å². The van der Waals surface area contributed by atoms with E-state index >= 15 is 0 Å². The van der Waals surface area contributed by atoms with Crippen molar-refractivity contribution < 1.29 is 95.9 Å². The molecule has 0 aromatic heterocycles. The molecule has 0 aromatic carbocycles. The quantitative estimate of drug-likeness (QED) is 0.0513. The van der Waals surface area contributed by atoms with Crippen molar-refractivity contribution in [2.45, 2.75) is 0 Å². The van der Waals surface area contributed by atoms with E-state index in [9.17, 15) is 95.9 Å². The molecule has 0 aliphatic heterocycles. The van der Waals surface area contributed by atoms with Gasteiger partial charge in [0, 0.05) is 15.9 Å². The van der Waals surface area contributed by atoms with Crippen LogP contribution in [0.2, 0.25) is 0 Å². The summed E-state index contributed by atoms with van der Waals surface area (Å²) in [7, 11) is -17.2. The molecular formula is H2O21P42. The molecular weight excluding hydrogens is 1640 g/mol. The van der Waals surface area contributed by atoms with Crippen molar-refractivity contribution in [1.29, 1.82) is 0 Å². The van der Waals surface area contributed by atoms with Crippen molar-refractivity contribution in [2.24, 2.45) is 0 Å². The third-order valence-corrected chi connectivity index (χ3v) is 289. The molecule has 0 N–H and O–H groups in total. The average molecular weight is 1640 g/mol. The Morgan fingerprint density at radius 1 is 0.159 bits per heavy atom. The van der Waals surface area contributed by atoms with Gasteiger partial charge in [0.1, 0.15) is 0 Å². The van der Waals surface area contributed by atoms with Crippen LogP contribution in [0.4, 0.5) is 0 Å². The first-order chi connectivity index (χ1) is 30.4. The number of rotatable bonds is 41. The van der Waals surface area contributed by atoms with Crippen LogP contribution in [0.25, 0.3) is 0 Å². The highest BCUT2D eigenvalue weighted by Crippen LogP contribution is 3.31. The molecule has 63 heteroatoms. The van der Waals surface area contributed by atoms with E-state index in [0.717, 1.165) is 0 Å². The fraction of sp³-hybridized carbons (Fsp3) is 0. The van der Waals surface area contributed by atoms with Crippen LogP contribution in [0.1, 0.15) is 0 Å². The highest BCUT2D eigenvalue weighted by atomic mass is 33.4. The van der Waals surface area contributed by atoms with E-state index in [0.29, 0.717) is 0 Å². The predicted octanol–water partition coefficient (Wildman–Crippen LogP) is 33.1. The minimum absolute atomic E-state index is 0.466. The summed E-state index contributed by atoms with van der Waals surface area (Å²) in [5.74, 6) is 0. The molecule has 0 saturated heterocycles. The summed E-state index contributed by atoms with van der Waals surface area (Å²) in [4.78, 5) is 0. The van der Waals surface area contributed by atoms with Crippen LogP contribution in [0.15, 0.2) is 0 Å². The molecule has 63 heavy (non-hydrogen) atoms. The molecule has 0 radical (unpaired) electrons. The zero-order valence-corrected chi connectivity index (χ0v) is 65.2. The van der Waals surface area contributed by atoms with Crippen LogP contribution in [0.3, 0.4) is 0 Å². The van der Waals surface area contributed by atoms with Gasteiger partial charge in [-0.2, -0.15) is 0 Å². The highest BCUT2D eigenvalue weighted by molar-refractivity contribution is 9.36. The summed E-state index contributed by atoms with van der Waals surface area (Å²) in [5.41, 5.74) is 0. The van der Waals surface area contributed by atoms with Crippen LogP contribution in [-0.2, 0) is 95.9 Å². The van der Waals surface area contributed by atoms with Crippen LogP contribution >= 0.6 is 320 Å². The Morgan fingerprint density at radius 3 is 0.349 bits per heavy atom. The van der Waals surface area contributed by atoms with Crippen molar-refractivity contribution >= 4 is 320 Å². The van der Waals surface area contributed by atoms with Crippen molar-refractivity contribution in [2.75, 3.05) is 0 Å². The van der Waals surface area contributed by atoms with Gasteiger partial charge in [-0.05, 0) is 0 Å². The first-order valence-electron chi connectivity index (χ1n) is 12.1. The molecule has 20 atom stereocenters. The van der Waals surface area contributed by atoms with Crippen LogP contribution in [0, 0.1) is 0 Å². The second kappa shape index (κ2) is 45.8. The lowest BCUT2D eigenvalue weighted by Gasteiger charge is -2.34. The topological polar surface area (TPSA) is 358 Å². The first-order valence-corrected chi connectivity index (χ1v) is 86.2. The maximum Gasteiger partial charge on any atom is 0.193 e. The van der Waals surface area contributed by atoms with E-state index in [2.05, 4.69) is 0 Å². The fourth-order valence-electron chi connectivity index (χ4n) is 2.59. The summed E-state index contributed by atoms with van der Waals surface area (Å²) in [6.07, 6.45) is 0. The first kappa shape index (κ1) is 74.1. The van der Waals surface area contributed by atoms with E-state index in [1.54, 1.807) is 0 Å². The molecule has 0 fully saturated rings. The molecule has 0 heterocycles. The molecule has 0 spiro atoms. The standard InChI is InChI=1S/H2O21P42/c1-22-43-45(24-3)47(26-5)49(28-7)51(30-9)53(32-11)55(34-13)57(36-15)59(38-17)61(40-19)63(42-21)62(41-20)60(39-18)58(37-16)56(35-14)54(33-12)52(31-10)50(29-8)48(27-6)46(25-4)44-23-2/h43-44H. The van der Waals surface area contributed by atoms with Crippen LogP contribution < -0.4 is 0 Å². The van der Waals surface area contributed by atoms with Gasteiger partial charge < -0.3 is 0 Å². The number of hydrogen-bond acceptors (Lipinski definition) is 21. The Morgan fingerprint density at radius 2 is 0.270 bits per heavy atom. The van der Waals surface area contributed by atoms with Crippen molar-refractivity contribution in [3.63, 3.8) is 0 Å². The molecule has 0 amide bonds. The normalized spacial score (nSPS) is 23.0. The van der Waals surface area contributed by atoms with Crippen molar-refractivity contribution in [3.8, 4) is 0 Å². The van der Waals surface area contributed by atoms with Crippen LogP contribution in [-0.4, -0.2) is 0 Å². The lowest BCUT2D eigenvalue weighted by molar-refractivity contribution is 0.604. The van der Waals surface area contributed by atoms with Gasteiger partial charge in [-0.25, -0.2) is 0 Å². The summed E-state index contributed by atoms with van der Waals surface area (Å²) in [5, 5.41) is 0. The molecule has 0 aliphatic rings. The van der Waals surface area contributed by atoms with E-state index in [-0.39, 0.29) is 0 Å². The zero-order chi connectivity index (χ0) is 48.2. The Hall–Kier alpha value is 11.1. The Bertz CT molecular complexity index is 1590. The molecule has 0 rings (SSSR count). The van der Waals surface area contributed by atoms with E-state index in [1.165, 1.54) is 0 Å². The van der Waals surface area contributed by atoms with Crippen molar-refractivity contribution in [3.05, 3.63) is 0 Å². The minimum atomic E-state index is -2.55. The molecule has 0 aromatic rings. The smallest absolute Gasteiger partial charge is 0.193 e. The largest absolute Gasteiger partial charge is 0.270 e. The summed E-state index contributed by atoms with van der Waals surface area (Å²) >= 11 is 0. The monoisotopic (exact) mass is 1640 g/mol. The molecule has 0 saturated carbocycles. The van der Waals surface area contributed by atoms with E-state index in [1.807, 2.05) is 0 Å². The Balaban J connectivity index is 7.60. The van der Waals surface area contributed by atoms with Gasteiger partial charge in [-0.3, -0.25) is 95.9 Å². The third-order valence-electron chi connectivity index (χ3n) is 4.56. The average Bonchev–Trinajstić information content (AvgIpc) is 3.31. The summed E-state index contributed by atoms with van der Waals surface area (Å²) in [6, 6.07) is 0. The minimum Gasteiger partial charge on any atom is -0.270 e.